The molecule has 0 bridgehead atoms. The van der Waals surface area contributed by atoms with Gasteiger partial charge in [0.05, 0.1) is 26.2 Å². The van der Waals surface area contributed by atoms with E-state index in [1.54, 1.807) is 58.8 Å². The first kappa shape index (κ1) is 50.0. The molecule has 0 amide bonds. The molecule has 20 heteroatoms. The predicted octanol–water partition coefficient (Wildman–Crippen LogP) is 7.07. The van der Waals surface area contributed by atoms with Gasteiger partial charge in [-0.1, -0.05) is 11.8 Å². The second kappa shape index (κ2) is 43.4. The standard InChI is InChI=1S/C27H52O8S12/c28-5-12-40-24-44-19-33-26(30)3-10-38-22-37-9-2-17-47(32)18-16-43-23-42-14-15-46-27(31)4-11-39-21-36-8-1-7-34-35-20-45-25-41-13-6-29/h28-29H,1-25H2. The molecule has 0 aliphatic rings. The molecule has 0 aromatic heterocycles. The van der Waals surface area contributed by atoms with Gasteiger partial charge in [0.1, 0.15) is 11.9 Å². The summed E-state index contributed by atoms with van der Waals surface area (Å²) in [5.74, 6) is 10.0. The van der Waals surface area contributed by atoms with Crippen LogP contribution in [-0.2, 0) is 34.9 Å². The average Bonchev–Trinajstić information content (AvgIpc) is 3.06. The molecule has 0 rings (SSSR count). The first-order valence-electron chi connectivity index (χ1n) is 15.0. The Labute approximate surface area is 332 Å². The van der Waals surface area contributed by atoms with Crippen molar-refractivity contribution in [1.29, 1.82) is 0 Å². The van der Waals surface area contributed by atoms with Crippen LogP contribution in [0.2, 0.25) is 0 Å². The molecule has 0 aromatic carbocycles. The molecular weight excluding hydrogens is 837 g/mol. The molecule has 0 fully saturated rings. The number of ether oxygens (including phenoxy) is 1. The molecule has 0 spiro atoms. The number of hydrogen-bond acceptors (Lipinski definition) is 19. The third kappa shape index (κ3) is 43.3. The molecule has 8 nitrogen and oxygen atoms in total. The zero-order valence-electron chi connectivity index (χ0n) is 26.9. The highest BCUT2D eigenvalue weighted by Crippen LogP contribution is 2.19. The summed E-state index contributed by atoms with van der Waals surface area (Å²) in [5.41, 5.74) is 0. The normalized spacial score (nSPS) is 12.0. The zero-order valence-corrected chi connectivity index (χ0v) is 36.7. The van der Waals surface area contributed by atoms with Crippen molar-refractivity contribution < 1.29 is 38.5 Å². The maximum absolute atomic E-state index is 12.2. The van der Waals surface area contributed by atoms with E-state index in [0.29, 0.717) is 37.1 Å². The van der Waals surface area contributed by atoms with Crippen LogP contribution in [0, 0.1) is 0 Å². The Bertz CT molecular complexity index is 719. The summed E-state index contributed by atoms with van der Waals surface area (Å²) in [6.45, 7) is 0.977. The fraction of sp³-hybridized carbons (Fsp3) is 0.926. The van der Waals surface area contributed by atoms with E-state index in [9.17, 15) is 13.8 Å². The molecule has 47 heavy (non-hydrogen) atoms. The highest BCUT2D eigenvalue weighted by Gasteiger charge is 2.05. The molecule has 0 aliphatic heterocycles. The number of aliphatic hydroxyl groups excluding tert-OH is 2. The van der Waals surface area contributed by atoms with Crippen molar-refractivity contribution in [2.24, 2.45) is 0 Å². The number of carbonyl (C=O) groups is 2. The summed E-state index contributed by atoms with van der Waals surface area (Å²) in [6.07, 6.45) is 2.93. The van der Waals surface area contributed by atoms with Crippen LogP contribution in [0.25, 0.3) is 0 Å². The fourth-order valence-electron chi connectivity index (χ4n) is 2.66. The van der Waals surface area contributed by atoms with E-state index in [1.165, 1.54) is 11.8 Å². The van der Waals surface area contributed by atoms with E-state index in [2.05, 4.69) is 0 Å². The third-order valence-electron chi connectivity index (χ3n) is 4.85. The van der Waals surface area contributed by atoms with Crippen LogP contribution < -0.4 is 0 Å². The van der Waals surface area contributed by atoms with Crippen LogP contribution in [-0.4, -0.2) is 146 Å². The largest absolute Gasteiger partial charge is 0.455 e. The minimum atomic E-state index is -0.764. The van der Waals surface area contributed by atoms with Crippen LogP contribution in [0.15, 0.2) is 0 Å². The first-order valence-corrected chi connectivity index (χ1v) is 29.0. The van der Waals surface area contributed by atoms with Crippen molar-refractivity contribution >= 4 is 151 Å². The lowest BCUT2D eigenvalue weighted by molar-refractivity contribution is -0.278. The van der Waals surface area contributed by atoms with Crippen LogP contribution in [0.5, 0.6) is 0 Å². The van der Waals surface area contributed by atoms with Gasteiger partial charge in [-0.05, 0) is 24.3 Å². The topological polar surface area (TPSA) is 119 Å². The van der Waals surface area contributed by atoms with Gasteiger partial charge < -0.3 is 14.9 Å². The number of carbonyl (C=O) groups excluding carboxylic acids is 2. The average molecular weight is 890 g/mol. The van der Waals surface area contributed by atoms with E-state index in [0.717, 1.165) is 95.8 Å². The van der Waals surface area contributed by atoms with E-state index in [-0.39, 0.29) is 24.3 Å². The van der Waals surface area contributed by atoms with Gasteiger partial charge in [-0.15, -0.1) is 47.0 Å². The SMILES string of the molecule is O=C(CCSCSCCCS(=O)CCSCSCCSC(=O)CCSCSCCCOOCSCSCCO)OCSCSCCO. The maximum atomic E-state index is 12.2. The van der Waals surface area contributed by atoms with Crippen LogP contribution in [0.1, 0.15) is 25.7 Å². The molecule has 0 aromatic rings. The molecule has 0 heterocycles. The summed E-state index contributed by atoms with van der Waals surface area (Å²) < 4.78 is 17.4. The van der Waals surface area contributed by atoms with E-state index in [1.807, 2.05) is 58.8 Å². The predicted molar refractivity (Wildman–Crippen MR) is 230 cm³/mol. The number of esters is 1. The molecule has 1 unspecified atom stereocenters. The monoisotopic (exact) mass is 888 g/mol. The maximum Gasteiger partial charge on any atom is 0.307 e. The summed E-state index contributed by atoms with van der Waals surface area (Å²) in [4.78, 5) is 34.0. The summed E-state index contributed by atoms with van der Waals surface area (Å²) >= 11 is 18.8. The van der Waals surface area contributed by atoms with Crippen molar-refractivity contribution in [1.82, 2.24) is 0 Å². The summed E-state index contributed by atoms with van der Waals surface area (Å²) in [7, 11) is -0.764. The molecule has 2 N–H and O–H groups in total. The molecule has 0 saturated carbocycles. The quantitative estimate of drug-likeness (QED) is 0.0215. The van der Waals surface area contributed by atoms with Gasteiger partial charge in [0.15, 0.2) is 5.12 Å². The van der Waals surface area contributed by atoms with Crippen molar-refractivity contribution in [3.63, 3.8) is 0 Å². The van der Waals surface area contributed by atoms with Crippen LogP contribution >= 0.6 is 129 Å². The Morgan fingerprint density at radius 3 is 1.79 bits per heavy atom. The molecular formula is C27H52O8S12. The lowest BCUT2D eigenvalue weighted by Crippen LogP contribution is -2.06. The molecule has 280 valence electrons. The van der Waals surface area contributed by atoms with Gasteiger partial charge in [-0.25, -0.2) is 9.78 Å². The second-order valence-electron chi connectivity index (χ2n) is 8.68. The number of rotatable bonds is 39. The van der Waals surface area contributed by atoms with Gasteiger partial charge in [-0.2, -0.15) is 70.6 Å². The third-order valence-corrected chi connectivity index (χ3v) is 19.0. The minimum Gasteiger partial charge on any atom is -0.455 e. The van der Waals surface area contributed by atoms with E-state index < -0.39 is 10.8 Å². The number of aliphatic hydroxyl groups is 2. The highest BCUT2D eigenvalue weighted by molar-refractivity contribution is 8.18. The number of hydrogen-bond donors (Lipinski definition) is 2. The van der Waals surface area contributed by atoms with E-state index in [4.69, 9.17) is 24.7 Å². The summed E-state index contributed by atoms with van der Waals surface area (Å²) in [6, 6.07) is 0. The molecule has 1 atom stereocenters. The van der Waals surface area contributed by atoms with Crippen molar-refractivity contribution in [2.45, 2.75) is 25.7 Å². The molecule has 0 aliphatic carbocycles. The van der Waals surface area contributed by atoms with Crippen molar-refractivity contribution in [2.75, 3.05) is 120 Å². The lowest BCUT2D eigenvalue weighted by Gasteiger charge is -2.05. The van der Waals surface area contributed by atoms with Crippen LogP contribution in [0.3, 0.4) is 0 Å². The van der Waals surface area contributed by atoms with Gasteiger partial charge in [0.2, 0.25) is 0 Å². The zero-order chi connectivity index (χ0) is 34.3. The Morgan fingerprint density at radius 2 is 1.09 bits per heavy atom. The van der Waals surface area contributed by atoms with Gasteiger partial charge >= 0.3 is 5.97 Å². The minimum absolute atomic E-state index is 0.159. The molecule has 0 saturated heterocycles. The Morgan fingerprint density at radius 1 is 0.532 bits per heavy atom. The van der Waals surface area contributed by atoms with Crippen molar-refractivity contribution in [3.8, 4) is 0 Å². The van der Waals surface area contributed by atoms with Gasteiger partial charge in [-0.3, -0.25) is 13.8 Å². The van der Waals surface area contributed by atoms with Crippen molar-refractivity contribution in [3.05, 3.63) is 0 Å². The van der Waals surface area contributed by atoms with Gasteiger partial charge in [0.25, 0.3) is 0 Å². The smallest absolute Gasteiger partial charge is 0.307 e. The molecule has 0 radical (unpaired) electrons. The van der Waals surface area contributed by atoms with Gasteiger partial charge in [0, 0.05) is 94.4 Å². The fourth-order valence-corrected chi connectivity index (χ4v) is 14.7. The lowest BCUT2D eigenvalue weighted by atomic mass is 10.5. The Kier molecular flexibility index (Phi) is 46.1. The van der Waals surface area contributed by atoms with Crippen LogP contribution in [0.4, 0.5) is 0 Å². The summed E-state index contributed by atoms with van der Waals surface area (Å²) in [5, 5.41) is 22.3. The van der Waals surface area contributed by atoms with E-state index >= 15 is 0 Å². The number of thioether (sulfide) groups is 11. The highest BCUT2D eigenvalue weighted by atomic mass is 32.2. The second-order valence-corrected chi connectivity index (χ2v) is 24.1. The first-order chi connectivity index (χ1) is 23.1. The Balaban J connectivity index is 3.30. The Hall–Kier alpha value is 2.98.